The van der Waals surface area contributed by atoms with Gasteiger partial charge in [-0.05, 0) is 44.0 Å². The molecule has 2 heterocycles. The maximum Gasteiger partial charge on any atom is 0.338 e. The normalized spacial score (nSPS) is 13.8. The smallest absolute Gasteiger partial charge is 0.338 e. The molecule has 128 valence electrons. The number of anilines is 1. The molecule has 1 amide bonds. The molecule has 1 aliphatic rings. The van der Waals surface area contributed by atoms with E-state index < -0.39 is 0 Å². The van der Waals surface area contributed by atoms with Crippen LogP contribution in [0.1, 0.15) is 51.7 Å². The van der Waals surface area contributed by atoms with Gasteiger partial charge < -0.3 is 10.1 Å². The SMILES string of the molecule is CCOC(=O)c1ccc(NC(=O)c2nn3c(C4CC4)nnc3s2)cc1. The van der Waals surface area contributed by atoms with Crippen LogP contribution in [0.25, 0.3) is 4.96 Å². The van der Waals surface area contributed by atoms with E-state index in [1.807, 2.05) is 0 Å². The molecule has 1 aromatic carbocycles. The Morgan fingerprint density at radius 1 is 1.28 bits per heavy atom. The third kappa shape index (κ3) is 3.10. The fourth-order valence-electron chi connectivity index (χ4n) is 2.41. The molecule has 2 aromatic heterocycles. The second-order valence-corrected chi connectivity index (χ2v) is 6.64. The van der Waals surface area contributed by atoms with Gasteiger partial charge in [0.15, 0.2) is 5.82 Å². The Kier molecular flexibility index (Phi) is 3.92. The Labute approximate surface area is 146 Å². The van der Waals surface area contributed by atoms with Crippen LogP contribution >= 0.6 is 11.3 Å². The van der Waals surface area contributed by atoms with E-state index in [0.29, 0.717) is 33.7 Å². The fraction of sp³-hybridized carbons (Fsp3) is 0.312. The number of ether oxygens (including phenoxy) is 1. The first-order chi connectivity index (χ1) is 12.2. The van der Waals surface area contributed by atoms with Crippen LogP contribution in [0.3, 0.4) is 0 Å². The minimum atomic E-state index is -0.387. The molecular weight excluding hydrogens is 342 g/mol. The highest BCUT2D eigenvalue weighted by molar-refractivity contribution is 7.18. The van der Waals surface area contributed by atoms with Crippen molar-refractivity contribution >= 4 is 33.9 Å². The van der Waals surface area contributed by atoms with Gasteiger partial charge >= 0.3 is 5.97 Å². The largest absolute Gasteiger partial charge is 0.462 e. The summed E-state index contributed by atoms with van der Waals surface area (Å²) in [6.07, 6.45) is 2.18. The molecule has 1 N–H and O–H groups in total. The monoisotopic (exact) mass is 357 g/mol. The minimum absolute atomic E-state index is 0.318. The van der Waals surface area contributed by atoms with Crippen molar-refractivity contribution in [3.05, 3.63) is 40.7 Å². The molecule has 0 bridgehead atoms. The first kappa shape index (κ1) is 15.7. The highest BCUT2D eigenvalue weighted by Crippen LogP contribution is 2.39. The molecule has 0 aliphatic heterocycles. The van der Waals surface area contributed by atoms with Gasteiger partial charge in [-0.25, -0.2) is 4.79 Å². The van der Waals surface area contributed by atoms with E-state index in [1.54, 1.807) is 35.7 Å². The van der Waals surface area contributed by atoms with Crippen LogP contribution < -0.4 is 5.32 Å². The summed E-state index contributed by atoms with van der Waals surface area (Å²) < 4.78 is 6.58. The molecule has 0 spiro atoms. The Hall–Kier alpha value is -2.81. The van der Waals surface area contributed by atoms with Crippen LogP contribution in [0.2, 0.25) is 0 Å². The first-order valence-corrected chi connectivity index (χ1v) is 8.78. The topological polar surface area (TPSA) is 98.5 Å². The van der Waals surface area contributed by atoms with Crippen LogP contribution in [0.5, 0.6) is 0 Å². The lowest BCUT2D eigenvalue weighted by Gasteiger charge is -2.05. The number of aromatic nitrogens is 4. The fourth-order valence-corrected chi connectivity index (χ4v) is 3.15. The highest BCUT2D eigenvalue weighted by Gasteiger charge is 2.30. The van der Waals surface area contributed by atoms with Gasteiger partial charge in [0.25, 0.3) is 5.91 Å². The summed E-state index contributed by atoms with van der Waals surface area (Å²) in [5, 5.41) is 15.6. The van der Waals surface area contributed by atoms with Crippen molar-refractivity contribution in [3.63, 3.8) is 0 Å². The van der Waals surface area contributed by atoms with Crippen LogP contribution in [-0.4, -0.2) is 38.3 Å². The molecule has 0 radical (unpaired) electrons. The second-order valence-electron chi connectivity index (χ2n) is 5.69. The number of nitrogens with one attached hydrogen (secondary N) is 1. The number of hydrogen-bond donors (Lipinski definition) is 1. The summed E-state index contributed by atoms with van der Waals surface area (Å²) in [6.45, 7) is 2.07. The van der Waals surface area contributed by atoms with Crippen LogP contribution in [0, 0.1) is 0 Å². The highest BCUT2D eigenvalue weighted by atomic mass is 32.1. The lowest BCUT2D eigenvalue weighted by molar-refractivity contribution is 0.0526. The molecule has 4 rings (SSSR count). The van der Waals surface area contributed by atoms with Crippen molar-refractivity contribution in [1.82, 2.24) is 19.8 Å². The lowest BCUT2D eigenvalue weighted by Crippen LogP contribution is -2.12. The number of amides is 1. The minimum Gasteiger partial charge on any atom is -0.462 e. The Morgan fingerprint density at radius 3 is 2.72 bits per heavy atom. The molecule has 8 nitrogen and oxygen atoms in total. The lowest BCUT2D eigenvalue weighted by atomic mass is 10.2. The summed E-state index contributed by atoms with van der Waals surface area (Å²) >= 11 is 1.20. The molecule has 3 aromatic rings. The Balaban J connectivity index is 1.49. The molecule has 1 saturated carbocycles. The van der Waals surface area contributed by atoms with Crippen molar-refractivity contribution in [2.24, 2.45) is 0 Å². The van der Waals surface area contributed by atoms with Gasteiger partial charge in [-0.15, -0.1) is 15.3 Å². The van der Waals surface area contributed by atoms with Crippen molar-refractivity contribution < 1.29 is 14.3 Å². The summed E-state index contributed by atoms with van der Waals surface area (Å²) in [6, 6.07) is 6.52. The first-order valence-electron chi connectivity index (χ1n) is 7.96. The Morgan fingerprint density at radius 2 is 2.04 bits per heavy atom. The van der Waals surface area contributed by atoms with Crippen molar-refractivity contribution in [1.29, 1.82) is 0 Å². The van der Waals surface area contributed by atoms with Crippen molar-refractivity contribution in [2.45, 2.75) is 25.7 Å². The van der Waals surface area contributed by atoms with Gasteiger partial charge in [-0.2, -0.15) is 4.52 Å². The van der Waals surface area contributed by atoms with Gasteiger partial charge in [0, 0.05) is 11.6 Å². The van der Waals surface area contributed by atoms with Gasteiger partial charge in [0.2, 0.25) is 9.97 Å². The summed E-state index contributed by atoms with van der Waals surface area (Å²) in [4.78, 5) is 24.6. The average molecular weight is 357 g/mol. The van der Waals surface area contributed by atoms with E-state index in [1.165, 1.54) is 11.3 Å². The van der Waals surface area contributed by atoms with Crippen molar-refractivity contribution in [3.8, 4) is 0 Å². The van der Waals surface area contributed by atoms with E-state index in [2.05, 4.69) is 20.6 Å². The predicted molar refractivity (Wildman–Crippen MR) is 91.0 cm³/mol. The van der Waals surface area contributed by atoms with Gasteiger partial charge in [0.05, 0.1) is 12.2 Å². The molecule has 9 heteroatoms. The van der Waals surface area contributed by atoms with Gasteiger partial charge in [-0.3, -0.25) is 4.79 Å². The molecule has 1 aliphatic carbocycles. The quantitative estimate of drug-likeness (QED) is 0.705. The zero-order chi connectivity index (χ0) is 17.4. The maximum atomic E-state index is 12.4. The molecule has 0 saturated heterocycles. The van der Waals surface area contributed by atoms with E-state index in [9.17, 15) is 9.59 Å². The van der Waals surface area contributed by atoms with E-state index in [-0.39, 0.29) is 11.9 Å². The standard InChI is InChI=1S/C16H15N5O3S/c1-2-24-15(23)10-5-7-11(8-6-10)17-13(22)14-20-21-12(9-3-4-9)18-19-16(21)25-14/h5-9H,2-4H2,1H3,(H,17,22). The second kappa shape index (κ2) is 6.25. The van der Waals surface area contributed by atoms with Crippen LogP contribution in [0.15, 0.2) is 24.3 Å². The molecule has 0 atom stereocenters. The number of fused-ring (bicyclic) bond motifs is 1. The van der Waals surface area contributed by atoms with E-state index >= 15 is 0 Å². The van der Waals surface area contributed by atoms with Crippen molar-refractivity contribution in [2.75, 3.05) is 11.9 Å². The average Bonchev–Trinajstić information content (AvgIpc) is 3.23. The third-order valence-corrected chi connectivity index (χ3v) is 4.70. The summed E-state index contributed by atoms with van der Waals surface area (Å²) in [5.74, 6) is 0.523. The third-order valence-electron chi connectivity index (χ3n) is 3.81. The summed E-state index contributed by atoms with van der Waals surface area (Å²) in [5.41, 5.74) is 1.01. The number of carbonyl (C=O) groups is 2. The molecule has 25 heavy (non-hydrogen) atoms. The molecule has 0 unspecified atom stereocenters. The van der Waals surface area contributed by atoms with Gasteiger partial charge in [0.1, 0.15) is 0 Å². The van der Waals surface area contributed by atoms with Gasteiger partial charge in [-0.1, -0.05) is 11.3 Å². The van der Waals surface area contributed by atoms with E-state index in [0.717, 1.165) is 18.7 Å². The van der Waals surface area contributed by atoms with E-state index in [4.69, 9.17) is 4.74 Å². The zero-order valence-corrected chi connectivity index (χ0v) is 14.2. The molecule has 1 fully saturated rings. The zero-order valence-electron chi connectivity index (χ0n) is 13.4. The number of nitrogens with zero attached hydrogens (tertiary/aromatic N) is 4. The van der Waals surface area contributed by atoms with Crippen LogP contribution in [0.4, 0.5) is 5.69 Å². The number of esters is 1. The maximum absolute atomic E-state index is 12.4. The number of rotatable bonds is 5. The number of carbonyl (C=O) groups excluding carboxylic acids is 2. The number of benzene rings is 1. The van der Waals surface area contributed by atoms with Crippen LogP contribution in [-0.2, 0) is 4.74 Å². The predicted octanol–water partition coefficient (Wildman–Crippen LogP) is 2.49. The summed E-state index contributed by atoms with van der Waals surface area (Å²) in [7, 11) is 0. The Bertz CT molecular complexity index is 942. The number of hydrogen-bond acceptors (Lipinski definition) is 7. The molecular formula is C16H15N5O3S.